The molecule has 3 heterocycles. The fraction of sp³-hybridized carbons (Fsp3) is 0.375. The predicted octanol–water partition coefficient (Wildman–Crippen LogP) is 3.74. The molecule has 0 radical (unpaired) electrons. The van der Waals surface area contributed by atoms with Gasteiger partial charge >= 0.3 is 5.97 Å². The minimum absolute atomic E-state index is 0.168. The van der Waals surface area contributed by atoms with Crippen molar-refractivity contribution in [2.24, 2.45) is 11.8 Å². The van der Waals surface area contributed by atoms with Crippen LogP contribution >= 0.6 is 11.6 Å². The van der Waals surface area contributed by atoms with Crippen molar-refractivity contribution in [2.75, 3.05) is 18.5 Å². The molecule has 2 aromatic rings. The van der Waals surface area contributed by atoms with Crippen LogP contribution in [0.2, 0.25) is 5.02 Å². The number of fused-ring (bicyclic) bond motifs is 6. The molecule has 0 aromatic heterocycles. The number of hydrogen-bond donors (Lipinski definition) is 1. The average Bonchev–Trinajstić information content (AvgIpc) is 2.99. The van der Waals surface area contributed by atoms with Crippen molar-refractivity contribution in [3.05, 3.63) is 58.1 Å². The van der Waals surface area contributed by atoms with E-state index >= 15 is 0 Å². The number of carbonyl (C=O) groups is 3. The Kier molecular flexibility index (Phi) is 4.71. The van der Waals surface area contributed by atoms with Crippen LogP contribution < -0.4 is 10.1 Å². The second-order valence-electron chi connectivity index (χ2n) is 8.66. The fourth-order valence-corrected chi connectivity index (χ4v) is 5.59. The van der Waals surface area contributed by atoms with Crippen molar-refractivity contribution >= 4 is 35.1 Å². The Labute approximate surface area is 190 Å². The number of esters is 1. The molecule has 0 saturated carbocycles. The van der Waals surface area contributed by atoms with Gasteiger partial charge in [0.2, 0.25) is 0 Å². The first-order valence-electron chi connectivity index (χ1n) is 10.6. The van der Waals surface area contributed by atoms with Crippen LogP contribution in [0.25, 0.3) is 0 Å². The number of nitrogens with one attached hydrogen (secondary N) is 1. The molecule has 8 heteroatoms. The summed E-state index contributed by atoms with van der Waals surface area (Å²) in [6, 6.07) is 9.95. The Morgan fingerprint density at radius 3 is 2.81 bits per heavy atom. The molecule has 1 saturated heterocycles. The van der Waals surface area contributed by atoms with E-state index in [1.165, 1.54) is 0 Å². The van der Waals surface area contributed by atoms with Gasteiger partial charge in [-0.2, -0.15) is 0 Å². The molecule has 3 unspecified atom stereocenters. The highest BCUT2D eigenvalue weighted by molar-refractivity contribution is 6.30. The number of anilines is 1. The highest BCUT2D eigenvalue weighted by Gasteiger charge is 2.67. The topological polar surface area (TPSA) is 84.9 Å². The molecule has 2 amide bonds. The van der Waals surface area contributed by atoms with Crippen molar-refractivity contribution in [1.82, 2.24) is 4.90 Å². The number of ether oxygens (including phenoxy) is 2. The van der Waals surface area contributed by atoms with E-state index in [4.69, 9.17) is 21.1 Å². The summed E-state index contributed by atoms with van der Waals surface area (Å²) in [5.74, 6) is -2.05. The minimum Gasteiger partial charge on any atom is -0.493 e. The maximum Gasteiger partial charge on any atom is 0.312 e. The third-order valence-electron chi connectivity index (χ3n) is 6.81. The summed E-state index contributed by atoms with van der Waals surface area (Å²) in [6.07, 6.45) is 0. The van der Waals surface area contributed by atoms with Gasteiger partial charge in [-0.15, -0.1) is 0 Å². The lowest BCUT2D eigenvalue weighted by Crippen LogP contribution is -2.57. The second kappa shape index (κ2) is 7.24. The molecular weight excluding hydrogens is 432 g/mol. The molecule has 5 rings (SSSR count). The first-order chi connectivity index (χ1) is 15.3. The number of rotatable bonds is 2. The Hall–Kier alpha value is -3.06. The summed E-state index contributed by atoms with van der Waals surface area (Å²) in [4.78, 5) is 42.4. The van der Waals surface area contributed by atoms with Gasteiger partial charge in [0.15, 0.2) is 0 Å². The van der Waals surface area contributed by atoms with Gasteiger partial charge in [-0.05, 0) is 56.7 Å². The Morgan fingerprint density at radius 2 is 2.06 bits per heavy atom. The Bertz CT molecular complexity index is 1170. The number of nitrogens with zero attached hydrogens (tertiary/aromatic N) is 1. The van der Waals surface area contributed by atoms with E-state index in [1.54, 1.807) is 49.1 Å². The first kappa shape index (κ1) is 20.8. The van der Waals surface area contributed by atoms with Gasteiger partial charge in [0.05, 0.1) is 36.4 Å². The van der Waals surface area contributed by atoms with E-state index in [1.807, 2.05) is 13.0 Å². The predicted molar refractivity (Wildman–Crippen MR) is 118 cm³/mol. The lowest BCUT2D eigenvalue weighted by atomic mass is 9.77. The highest BCUT2D eigenvalue weighted by Crippen LogP contribution is 2.57. The van der Waals surface area contributed by atoms with Crippen molar-refractivity contribution in [3.8, 4) is 5.75 Å². The molecule has 1 N–H and O–H groups in total. The van der Waals surface area contributed by atoms with Crippen molar-refractivity contribution in [3.63, 3.8) is 0 Å². The Balaban J connectivity index is 1.76. The SMILES string of the molecule is CCOC(=O)C1C2COc3ccc(Cl)cc3C2N2C(=O)c3ccc(C)cc3NC(=O)[C@@]12C. The Morgan fingerprint density at radius 1 is 1.28 bits per heavy atom. The number of hydrogen-bond acceptors (Lipinski definition) is 5. The third-order valence-corrected chi connectivity index (χ3v) is 7.05. The summed E-state index contributed by atoms with van der Waals surface area (Å²) >= 11 is 6.29. The molecule has 2 aromatic carbocycles. The molecule has 3 aliphatic rings. The summed E-state index contributed by atoms with van der Waals surface area (Å²) < 4.78 is 11.3. The van der Waals surface area contributed by atoms with Crippen LogP contribution in [0.5, 0.6) is 5.75 Å². The average molecular weight is 455 g/mol. The van der Waals surface area contributed by atoms with Crippen LogP contribution in [0.4, 0.5) is 5.69 Å². The second-order valence-corrected chi connectivity index (χ2v) is 9.09. The van der Waals surface area contributed by atoms with Gasteiger partial charge in [0.1, 0.15) is 11.3 Å². The molecule has 7 nitrogen and oxygen atoms in total. The van der Waals surface area contributed by atoms with E-state index < -0.39 is 35.3 Å². The molecule has 0 aliphatic carbocycles. The van der Waals surface area contributed by atoms with Crippen LogP contribution in [-0.4, -0.2) is 41.4 Å². The van der Waals surface area contributed by atoms with Crippen LogP contribution in [0, 0.1) is 18.8 Å². The van der Waals surface area contributed by atoms with Gasteiger partial charge < -0.3 is 19.7 Å². The molecular formula is C24H23ClN2O5. The maximum atomic E-state index is 14.0. The van der Waals surface area contributed by atoms with Gasteiger partial charge in [0, 0.05) is 16.5 Å². The van der Waals surface area contributed by atoms with Gasteiger partial charge in [-0.25, -0.2) is 0 Å². The molecule has 166 valence electrons. The zero-order chi connectivity index (χ0) is 22.8. The zero-order valence-electron chi connectivity index (χ0n) is 18.0. The molecule has 0 bridgehead atoms. The van der Waals surface area contributed by atoms with E-state index in [0.717, 1.165) is 5.56 Å². The first-order valence-corrected chi connectivity index (χ1v) is 11.0. The summed E-state index contributed by atoms with van der Waals surface area (Å²) in [5.41, 5.74) is 0.938. The van der Waals surface area contributed by atoms with E-state index in [2.05, 4.69) is 5.32 Å². The molecule has 1 fully saturated rings. The number of carbonyl (C=O) groups excluding carboxylic acids is 3. The van der Waals surface area contributed by atoms with E-state index in [9.17, 15) is 14.4 Å². The normalized spacial score (nSPS) is 27.9. The largest absolute Gasteiger partial charge is 0.493 e. The zero-order valence-corrected chi connectivity index (χ0v) is 18.7. The van der Waals surface area contributed by atoms with Gasteiger partial charge in [0.25, 0.3) is 11.8 Å². The monoisotopic (exact) mass is 454 g/mol. The molecule has 3 aliphatic heterocycles. The fourth-order valence-electron chi connectivity index (χ4n) is 5.41. The molecule has 0 spiro atoms. The lowest BCUT2D eigenvalue weighted by Gasteiger charge is -2.38. The van der Waals surface area contributed by atoms with Crippen LogP contribution in [0.3, 0.4) is 0 Å². The minimum atomic E-state index is -1.47. The standard InChI is InChI=1S/C24H23ClN2O5/c1-4-31-22(29)19-16-11-32-18-8-6-13(25)10-15(18)20(16)27-21(28)14-7-5-12(2)9-17(14)26-23(30)24(19,27)3/h5-10,16,19-20H,4,11H2,1-3H3,(H,26,30)/t16?,19?,20?,24-/m1/s1. The van der Waals surface area contributed by atoms with Gasteiger partial charge in [-0.1, -0.05) is 17.7 Å². The van der Waals surface area contributed by atoms with Crippen molar-refractivity contribution in [2.45, 2.75) is 32.4 Å². The van der Waals surface area contributed by atoms with Crippen LogP contribution in [0.15, 0.2) is 36.4 Å². The number of amides is 2. The van der Waals surface area contributed by atoms with E-state index in [-0.39, 0.29) is 19.1 Å². The van der Waals surface area contributed by atoms with Crippen molar-refractivity contribution in [1.29, 1.82) is 0 Å². The number of benzene rings is 2. The van der Waals surface area contributed by atoms with Crippen LogP contribution in [0.1, 0.15) is 41.4 Å². The molecule has 4 atom stereocenters. The summed E-state index contributed by atoms with van der Waals surface area (Å²) in [6.45, 7) is 5.59. The highest BCUT2D eigenvalue weighted by atomic mass is 35.5. The number of aryl methyl sites for hydroxylation is 1. The lowest BCUT2D eigenvalue weighted by molar-refractivity contribution is -0.155. The maximum absolute atomic E-state index is 14.0. The summed E-state index contributed by atoms with van der Waals surface area (Å²) in [7, 11) is 0. The molecule has 32 heavy (non-hydrogen) atoms. The third kappa shape index (κ3) is 2.77. The summed E-state index contributed by atoms with van der Waals surface area (Å²) in [5, 5.41) is 3.38. The smallest absolute Gasteiger partial charge is 0.312 e. The van der Waals surface area contributed by atoms with E-state index in [0.29, 0.717) is 27.6 Å². The van der Waals surface area contributed by atoms with Crippen molar-refractivity contribution < 1.29 is 23.9 Å². The van der Waals surface area contributed by atoms with Crippen LogP contribution in [-0.2, 0) is 14.3 Å². The number of halogens is 1. The van der Waals surface area contributed by atoms with Gasteiger partial charge in [-0.3, -0.25) is 14.4 Å². The quantitative estimate of drug-likeness (QED) is 0.699.